The van der Waals surface area contributed by atoms with Crippen molar-refractivity contribution in [1.29, 1.82) is 0 Å². The van der Waals surface area contributed by atoms with Crippen LogP contribution < -0.4 is 15.4 Å². The molecule has 1 heterocycles. The Balaban J connectivity index is 1.29. The Morgan fingerprint density at radius 2 is 1.77 bits per heavy atom. The molecule has 2 amide bonds. The summed E-state index contributed by atoms with van der Waals surface area (Å²) in [5.74, 6) is 0.566. The topological polar surface area (TPSA) is 80.3 Å². The van der Waals surface area contributed by atoms with E-state index in [1.54, 1.807) is 7.11 Å². The van der Waals surface area contributed by atoms with Gasteiger partial charge in [0.25, 0.3) is 0 Å². The van der Waals surface area contributed by atoms with Gasteiger partial charge < -0.3 is 15.4 Å². The quantitative estimate of drug-likeness (QED) is 0.269. The Hall–Kier alpha value is -3.62. The molecule has 0 aliphatic heterocycles. The van der Waals surface area contributed by atoms with E-state index >= 15 is 0 Å². The summed E-state index contributed by atoms with van der Waals surface area (Å²) in [6.45, 7) is 1.85. The SMILES string of the molecule is COc1cccc(-c2csc(NC(=O)C(C)Sc3ccc(NC(=O)Cc4ccccc4)cc3)n2)c1. The van der Waals surface area contributed by atoms with E-state index in [1.807, 2.05) is 91.2 Å². The van der Waals surface area contributed by atoms with E-state index in [2.05, 4.69) is 15.6 Å². The third-order valence-corrected chi connectivity index (χ3v) is 7.00. The van der Waals surface area contributed by atoms with Crippen molar-refractivity contribution in [2.24, 2.45) is 0 Å². The van der Waals surface area contributed by atoms with Gasteiger partial charge in [0.15, 0.2) is 5.13 Å². The number of thioether (sulfide) groups is 1. The molecule has 0 aliphatic carbocycles. The van der Waals surface area contributed by atoms with Gasteiger partial charge in [-0.15, -0.1) is 23.1 Å². The van der Waals surface area contributed by atoms with E-state index in [0.717, 1.165) is 33.2 Å². The number of hydrogen-bond donors (Lipinski definition) is 2. The van der Waals surface area contributed by atoms with Gasteiger partial charge in [0.05, 0.1) is 24.5 Å². The zero-order chi connectivity index (χ0) is 24.6. The smallest absolute Gasteiger partial charge is 0.239 e. The van der Waals surface area contributed by atoms with E-state index in [1.165, 1.54) is 23.1 Å². The fraction of sp³-hybridized carbons (Fsp3) is 0.148. The molecule has 1 atom stereocenters. The minimum atomic E-state index is -0.322. The van der Waals surface area contributed by atoms with Gasteiger partial charge in [-0.1, -0.05) is 42.5 Å². The minimum Gasteiger partial charge on any atom is -0.497 e. The Morgan fingerprint density at radius 3 is 2.51 bits per heavy atom. The zero-order valence-electron chi connectivity index (χ0n) is 19.4. The third-order valence-electron chi connectivity index (χ3n) is 5.13. The number of nitrogens with one attached hydrogen (secondary N) is 2. The van der Waals surface area contributed by atoms with E-state index < -0.39 is 0 Å². The van der Waals surface area contributed by atoms with E-state index in [9.17, 15) is 9.59 Å². The van der Waals surface area contributed by atoms with Crippen molar-refractivity contribution >= 4 is 45.7 Å². The zero-order valence-corrected chi connectivity index (χ0v) is 21.0. The van der Waals surface area contributed by atoms with Crippen LogP contribution in [-0.2, 0) is 16.0 Å². The summed E-state index contributed by atoms with van der Waals surface area (Å²) in [7, 11) is 1.63. The number of ether oxygens (including phenoxy) is 1. The number of hydrogen-bond acceptors (Lipinski definition) is 6. The minimum absolute atomic E-state index is 0.0684. The normalized spacial score (nSPS) is 11.5. The number of anilines is 2. The summed E-state index contributed by atoms with van der Waals surface area (Å²) in [4.78, 5) is 30.4. The molecular weight excluding hydrogens is 478 g/mol. The fourth-order valence-corrected chi connectivity index (χ4v) is 4.90. The molecule has 178 valence electrons. The lowest BCUT2D eigenvalue weighted by molar-refractivity contribution is -0.116. The second kappa shape index (κ2) is 11.7. The van der Waals surface area contributed by atoms with Crippen molar-refractivity contribution in [3.8, 4) is 17.0 Å². The molecule has 4 aromatic rings. The molecule has 8 heteroatoms. The van der Waals surface area contributed by atoms with Gasteiger partial charge in [-0.05, 0) is 48.9 Å². The van der Waals surface area contributed by atoms with Crippen LogP contribution in [0.4, 0.5) is 10.8 Å². The van der Waals surface area contributed by atoms with Crippen LogP contribution in [0.3, 0.4) is 0 Å². The monoisotopic (exact) mass is 503 g/mol. The number of carbonyl (C=O) groups excluding carboxylic acids is 2. The van der Waals surface area contributed by atoms with Crippen LogP contribution in [0.5, 0.6) is 5.75 Å². The van der Waals surface area contributed by atoms with Crippen LogP contribution in [0, 0.1) is 0 Å². The lowest BCUT2D eigenvalue weighted by Gasteiger charge is -2.11. The van der Waals surface area contributed by atoms with Crippen LogP contribution in [0.1, 0.15) is 12.5 Å². The first-order valence-corrected chi connectivity index (χ1v) is 12.8. The van der Waals surface area contributed by atoms with Gasteiger partial charge in [0, 0.05) is 21.5 Å². The van der Waals surface area contributed by atoms with Crippen molar-refractivity contribution < 1.29 is 14.3 Å². The summed E-state index contributed by atoms with van der Waals surface area (Å²) >= 11 is 2.83. The second-order valence-electron chi connectivity index (χ2n) is 7.75. The molecule has 2 N–H and O–H groups in total. The molecule has 35 heavy (non-hydrogen) atoms. The summed E-state index contributed by atoms with van der Waals surface area (Å²) in [5.41, 5.74) is 3.40. The number of methoxy groups -OCH3 is 1. The maximum Gasteiger partial charge on any atom is 0.239 e. The highest BCUT2D eigenvalue weighted by atomic mass is 32.2. The molecule has 0 aliphatic rings. The van der Waals surface area contributed by atoms with Gasteiger partial charge >= 0.3 is 0 Å². The number of benzene rings is 3. The van der Waals surface area contributed by atoms with Gasteiger partial charge in [-0.25, -0.2) is 4.98 Å². The van der Waals surface area contributed by atoms with Crippen LogP contribution in [-0.4, -0.2) is 29.2 Å². The Bertz CT molecular complexity index is 1290. The van der Waals surface area contributed by atoms with Crippen LogP contribution in [0.25, 0.3) is 11.3 Å². The summed E-state index contributed by atoms with van der Waals surface area (Å²) in [6.07, 6.45) is 0.324. The highest BCUT2D eigenvalue weighted by Gasteiger charge is 2.17. The number of rotatable bonds is 9. The highest BCUT2D eigenvalue weighted by Crippen LogP contribution is 2.29. The second-order valence-corrected chi connectivity index (χ2v) is 10.0. The number of aromatic nitrogens is 1. The first-order chi connectivity index (χ1) is 17.0. The van der Waals surface area contributed by atoms with Crippen molar-refractivity contribution in [1.82, 2.24) is 4.98 Å². The Morgan fingerprint density at radius 1 is 1.00 bits per heavy atom. The highest BCUT2D eigenvalue weighted by molar-refractivity contribution is 8.00. The Kier molecular flexibility index (Phi) is 8.18. The number of thiazole rings is 1. The van der Waals surface area contributed by atoms with Crippen LogP contribution in [0.2, 0.25) is 0 Å². The van der Waals surface area contributed by atoms with E-state index in [-0.39, 0.29) is 17.1 Å². The van der Waals surface area contributed by atoms with Gasteiger partial charge in [-0.2, -0.15) is 0 Å². The molecule has 0 saturated heterocycles. The maximum atomic E-state index is 12.7. The molecule has 0 radical (unpaired) electrons. The number of amides is 2. The summed E-state index contributed by atoms with van der Waals surface area (Å²) in [5, 5.41) is 7.95. The van der Waals surface area contributed by atoms with Crippen molar-refractivity contribution in [3.05, 3.63) is 89.8 Å². The number of carbonyl (C=O) groups is 2. The fourth-order valence-electron chi connectivity index (χ4n) is 3.31. The van der Waals surface area contributed by atoms with Gasteiger partial charge in [0.2, 0.25) is 11.8 Å². The van der Waals surface area contributed by atoms with Crippen LogP contribution >= 0.6 is 23.1 Å². The Labute approximate surface area is 212 Å². The molecule has 0 saturated carbocycles. The average molecular weight is 504 g/mol. The van der Waals surface area contributed by atoms with E-state index in [4.69, 9.17) is 4.74 Å². The van der Waals surface area contributed by atoms with Crippen molar-refractivity contribution in [3.63, 3.8) is 0 Å². The third kappa shape index (κ3) is 6.94. The molecule has 4 rings (SSSR count). The predicted molar refractivity (Wildman–Crippen MR) is 143 cm³/mol. The molecule has 6 nitrogen and oxygen atoms in total. The molecule has 0 spiro atoms. The molecular formula is C27H25N3O3S2. The van der Waals surface area contributed by atoms with Gasteiger partial charge in [0.1, 0.15) is 5.75 Å². The van der Waals surface area contributed by atoms with Gasteiger partial charge in [-0.3, -0.25) is 9.59 Å². The largest absolute Gasteiger partial charge is 0.497 e. The van der Waals surface area contributed by atoms with Crippen molar-refractivity contribution in [2.75, 3.05) is 17.7 Å². The number of nitrogens with zero attached hydrogens (tertiary/aromatic N) is 1. The molecule has 0 fully saturated rings. The van der Waals surface area contributed by atoms with E-state index in [0.29, 0.717) is 11.6 Å². The molecule has 1 unspecified atom stereocenters. The first kappa shape index (κ1) is 24.5. The summed E-state index contributed by atoms with van der Waals surface area (Å²) in [6, 6.07) is 24.8. The molecule has 0 bridgehead atoms. The molecule has 3 aromatic carbocycles. The van der Waals surface area contributed by atoms with Crippen molar-refractivity contribution in [2.45, 2.75) is 23.5 Å². The molecule has 1 aromatic heterocycles. The predicted octanol–water partition coefficient (Wildman–Crippen LogP) is 6.12. The summed E-state index contributed by atoms with van der Waals surface area (Å²) < 4.78 is 5.27. The lowest BCUT2D eigenvalue weighted by Crippen LogP contribution is -2.22. The standard InChI is InChI=1S/C27H25N3O3S2/c1-18(26(32)30-27-29-24(17-34-27)20-9-6-10-22(16-20)33-2)35-23-13-11-21(12-14-23)28-25(31)15-19-7-4-3-5-8-19/h3-14,16-18H,15H2,1-2H3,(H,28,31)(H,29,30,32). The maximum absolute atomic E-state index is 12.7. The average Bonchev–Trinajstić information content (AvgIpc) is 3.34. The van der Waals surface area contributed by atoms with Crippen LogP contribution in [0.15, 0.2) is 89.1 Å². The lowest BCUT2D eigenvalue weighted by atomic mass is 10.1. The first-order valence-electron chi connectivity index (χ1n) is 11.0.